The molecule has 0 saturated heterocycles. The van der Waals surface area contributed by atoms with Crippen LogP contribution in [-0.2, 0) is 4.79 Å². The lowest BCUT2D eigenvalue weighted by atomic mass is 10.3. The van der Waals surface area contributed by atoms with Crippen molar-refractivity contribution in [1.82, 2.24) is 19.9 Å². The molecular formula is C14H12FN5OS. The van der Waals surface area contributed by atoms with Crippen LogP contribution in [0.1, 0.15) is 6.92 Å². The minimum Gasteiger partial charge on any atom is -0.341 e. The van der Waals surface area contributed by atoms with Crippen molar-refractivity contribution in [3.05, 3.63) is 42.7 Å². The highest BCUT2D eigenvalue weighted by atomic mass is 32.2. The quantitative estimate of drug-likeness (QED) is 0.571. The molecule has 6 nitrogen and oxygen atoms in total. The van der Waals surface area contributed by atoms with E-state index in [0.29, 0.717) is 16.2 Å². The molecule has 0 spiro atoms. The Hall–Kier alpha value is -2.48. The molecule has 0 radical (unpaired) electrons. The molecule has 0 fully saturated rings. The summed E-state index contributed by atoms with van der Waals surface area (Å²) in [6, 6.07) is 6.04. The molecule has 8 heteroatoms. The first-order valence-corrected chi connectivity index (χ1v) is 7.39. The zero-order valence-electron chi connectivity index (χ0n) is 11.6. The minimum atomic E-state index is -0.467. The molecule has 1 unspecified atom stereocenters. The maximum absolute atomic E-state index is 13.6. The number of aromatic amines is 1. The highest BCUT2D eigenvalue weighted by Gasteiger charge is 2.18. The molecule has 22 heavy (non-hydrogen) atoms. The van der Waals surface area contributed by atoms with E-state index < -0.39 is 11.1 Å². The van der Waals surface area contributed by atoms with Crippen molar-refractivity contribution in [3.8, 4) is 0 Å². The number of benzene rings is 1. The number of imidazole rings is 1. The molecule has 3 aromatic rings. The Labute approximate surface area is 129 Å². The van der Waals surface area contributed by atoms with Crippen LogP contribution in [0.2, 0.25) is 0 Å². The lowest BCUT2D eigenvalue weighted by molar-refractivity contribution is -0.115. The van der Waals surface area contributed by atoms with E-state index >= 15 is 0 Å². The highest BCUT2D eigenvalue weighted by molar-refractivity contribution is 8.00. The van der Waals surface area contributed by atoms with Crippen LogP contribution in [0.4, 0.5) is 10.1 Å². The molecule has 0 aliphatic heterocycles. The molecule has 2 N–H and O–H groups in total. The predicted molar refractivity (Wildman–Crippen MR) is 82.0 cm³/mol. The monoisotopic (exact) mass is 317 g/mol. The highest BCUT2D eigenvalue weighted by Crippen LogP contribution is 2.26. The molecule has 3 rings (SSSR count). The van der Waals surface area contributed by atoms with Crippen molar-refractivity contribution in [2.75, 3.05) is 5.32 Å². The molecule has 112 valence electrons. The average molecular weight is 317 g/mol. The van der Waals surface area contributed by atoms with Crippen LogP contribution in [-0.4, -0.2) is 31.1 Å². The summed E-state index contributed by atoms with van der Waals surface area (Å²) in [7, 11) is 0. The van der Waals surface area contributed by atoms with Gasteiger partial charge in [-0.15, -0.1) is 0 Å². The van der Waals surface area contributed by atoms with Crippen LogP contribution in [0.5, 0.6) is 0 Å². The van der Waals surface area contributed by atoms with Crippen LogP contribution in [0, 0.1) is 5.82 Å². The molecule has 0 saturated carbocycles. The second-order valence-electron chi connectivity index (χ2n) is 4.51. The molecule has 1 aromatic carbocycles. The number of anilines is 1. The number of nitrogens with zero attached hydrogens (tertiary/aromatic N) is 3. The lowest BCUT2D eigenvalue weighted by Crippen LogP contribution is -2.23. The molecule has 0 bridgehead atoms. The SMILES string of the molecule is CC(Sc1ncnc2nc[nH]c12)C(=O)Nc1ccccc1F. The van der Waals surface area contributed by atoms with E-state index in [2.05, 4.69) is 25.3 Å². The van der Waals surface area contributed by atoms with Crippen LogP contribution >= 0.6 is 11.8 Å². The normalized spacial score (nSPS) is 12.3. The number of aromatic nitrogens is 4. The van der Waals surface area contributed by atoms with E-state index in [1.807, 2.05) is 0 Å². The molecule has 0 aliphatic rings. The number of fused-ring (bicyclic) bond motifs is 1. The van der Waals surface area contributed by atoms with Crippen LogP contribution in [0.15, 0.2) is 41.9 Å². The van der Waals surface area contributed by atoms with Gasteiger partial charge in [0.15, 0.2) is 5.65 Å². The third-order valence-electron chi connectivity index (χ3n) is 2.98. The second kappa shape index (κ2) is 6.10. The third-order valence-corrected chi connectivity index (χ3v) is 4.08. The molecule has 2 aromatic heterocycles. The predicted octanol–water partition coefficient (Wildman–Crippen LogP) is 2.61. The van der Waals surface area contributed by atoms with E-state index in [-0.39, 0.29) is 11.6 Å². The van der Waals surface area contributed by atoms with Gasteiger partial charge in [0.1, 0.15) is 22.7 Å². The molecule has 2 heterocycles. The first-order valence-electron chi connectivity index (χ1n) is 6.51. The van der Waals surface area contributed by atoms with E-state index in [9.17, 15) is 9.18 Å². The van der Waals surface area contributed by atoms with Gasteiger partial charge < -0.3 is 10.3 Å². The largest absolute Gasteiger partial charge is 0.341 e. The number of rotatable bonds is 4. The lowest BCUT2D eigenvalue weighted by Gasteiger charge is -2.12. The topological polar surface area (TPSA) is 83.6 Å². The number of carbonyl (C=O) groups is 1. The number of halogens is 1. The van der Waals surface area contributed by atoms with Crippen molar-refractivity contribution >= 4 is 34.5 Å². The van der Waals surface area contributed by atoms with Crippen molar-refractivity contribution in [2.24, 2.45) is 0 Å². The summed E-state index contributed by atoms with van der Waals surface area (Å²) >= 11 is 1.25. The first kappa shape index (κ1) is 14.5. The fraction of sp³-hybridized carbons (Fsp3) is 0.143. The molecule has 1 amide bonds. The van der Waals surface area contributed by atoms with E-state index in [4.69, 9.17) is 0 Å². The number of amides is 1. The van der Waals surface area contributed by atoms with Gasteiger partial charge in [0.2, 0.25) is 5.91 Å². The number of nitrogens with one attached hydrogen (secondary N) is 2. The van der Waals surface area contributed by atoms with Crippen molar-refractivity contribution in [3.63, 3.8) is 0 Å². The Morgan fingerprint density at radius 2 is 2.14 bits per heavy atom. The Balaban J connectivity index is 1.74. The zero-order valence-corrected chi connectivity index (χ0v) is 12.4. The first-order chi connectivity index (χ1) is 10.6. The average Bonchev–Trinajstić information content (AvgIpc) is 2.99. The van der Waals surface area contributed by atoms with Gasteiger partial charge in [-0.1, -0.05) is 23.9 Å². The summed E-state index contributed by atoms with van der Waals surface area (Å²) in [5.74, 6) is -0.771. The fourth-order valence-electron chi connectivity index (χ4n) is 1.85. The summed E-state index contributed by atoms with van der Waals surface area (Å²) in [5.41, 5.74) is 1.38. The van der Waals surface area contributed by atoms with E-state index in [1.54, 1.807) is 19.1 Å². The summed E-state index contributed by atoms with van der Waals surface area (Å²) in [5, 5.41) is 2.73. The summed E-state index contributed by atoms with van der Waals surface area (Å²) < 4.78 is 13.6. The third kappa shape index (κ3) is 2.91. The van der Waals surface area contributed by atoms with Crippen molar-refractivity contribution in [2.45, 2.75) is 17.2 Å². The number of thioether (sulfide) groups is 1. The van der Waals surface area contributed by atoms with Crippen LogP contribution in [0.3, 0.4) is 0 Å². The Kier molecular flexibility index (Phi) is 4.01. The second-order valence-corrected chi connectivity index (χ2v) is 5.84. The summed E-state index contributed by atoms with van der Waals surface area (Å²) in [6.45, 7) is 1.73. The Morgan fingerprint density at radius 3 is 2.95 bits per heavy atom. The summed E-state index contributed by atoms with van der Waals surface area (Å²) in [4.78, 5) is 27.3. The summed E-state index contributed by atoms with van der Waals surface area (Å²) in [6.07, 6.45) is 2.92. The van der Waals surface area contributed by atoms with Crippen LogP contribution in [0.25, 0.3) is 11.2 Å². The number of carbonyl (C=O) groups excluding carboxylic acids is 1. The Morgan fingerprint density at radius 1 is 1.32 bits per heavy atom. The minimum absolute atomic E-state index is 0.161. The molecule has 0 aliphatic carbocycles. The van der Waals surface area contributed by atoms with E-state index in [1.165, 1.54) is 36.5 Å². The number of hydrogen-bond acceptors (Lipinski definition) is 5. The van der Waals surface area contributed by atoms with Crippen molar-refractivity contribution in [1.29, 1.82) is 0 Å². The fourth-order valence-corrected chi connectivity index (χ4v) is 2.73. The molecular weight excluding hydrogens is 305 g/mol. The standard InChI is InChI=1S/C14H12FN5OS/c1-8(13(21)20-10-5-3-2-4-9(10)15)22-14-11-12(17-6-16-11)18-7-19-14/h2-8H,1H3,(H,20,21)(H,16,17,18,19). The zero-order chi connectivity index (χ0) is 15.5. The van der Waals surface area contributed by atoms with Gasteiger partial charge in [0.25, 0.3) is 0 Å². The van der Waals surface area contributed by atoms with Crippen molar-refractivity contribution < 1.29 is 9.18 Å². The number of hydrogen-bond donors (Lipinski definition) is 2. The maximum Gasteiger partial charge on any atom is 0.237 e. The Bertz CT molecular complexity index is 822. The smallest absolute Gasteiger partial charge is 0.237 e. The number of para-hydroxylation sites is 1. The van der Waals surface area contributed by atoms with Gasteiger partial charge in [-0.2, -0.15) is 0 Å². The van der Waals surface area contributed by atoms with E-state index in [0.717, 1.165) is 0 Å². The van der Waals surface area contributed by atoms with Gasteiger partial charge in [0.05, 0.1) is 17.3 Å². The van der Waals surface area contributed by atoms with Gasteiger partial charge in [-0.25, -0.2) is 19.3 Å². The van der Waals surface area contributed by atoms with Gasteiger partial charge in [0, 0.05) is 0 Å². The van der Waals surface area contributed by atoms with Crippen LogP contribution < -0.4 is 5.32 Å². The molecule has 1 atom stereocenters. The van der Waals surface area contributed by atoms with Gasteiger partial charge >= 0.3 is 0 Å². The maximum atomic E-state index is 13.6. The van der Waals surface area contributed by atoms with Gasteiger partial charge in [-0.05, 0) is 19.1 Å². The number of H-pyrrole nitrogens is 1. The van der Waals surface area contributed by atoms with Gasteiger partial charge in [-0.3, -0.25) is 4.79 Å².